The summed E-state index contributed by atoms with van der Waals surface area (Å²) in [6, 6.07) is 16.6. The van der Waals surface area contributed by atoms with E-state index in [1.165, 1.54) is 0 Å². The standard InChI is InChI=1S/C24H25N3O3/c1-15-19(23(28)27(3)18-7-5-4-6-8-18)14-21(26(15)2)22-20-13-17(24(29)30)10-9-16(20)11-12-25-22/h4-10,13-14,22,25H,11-12H2,1-3H3,(H,29,30). The number of carboxylic acids is 1. The molecule has 2 aromatic carbocycles. The van der Waals surface area contributed by atoms with Gasteiger partial charge in [-0.2, -0.15) is 0 Å². The van der Waals surface area contributed by atoms with Gasteiger partial charge >= 0.3 is 5.97 Å². The average Bonchev–Trinajstić information content (AvgIpc) is 3.07. The first-order valence-corrected chi connectivity index (χ1v) is 9.97. The van der Waals surface area contributed by atoms with Crippen LogP contribution in [-0.2, 0) is 13.5 Å². The molecule has 3 aromatic rings. The monoisotopic (exact) mass is 403 g/mol. The van der Waals surface area contributed by atoms with Crippen LogP contribution in [0, 0.1) is 6.92 Å². The highest BCUT2D eigenvalue weighted by molar-refractivity contribution is 6.06. The number of benzene rings is 2. The largest absolute Gasteiger partial charge is 0.478 e. The first-order chi connectivity index (χ1) is 14.4. The first kappa shape index (κ1) is 19.9. The van der Waals surface area contributed by atoms with E-state index in [0.29, 0.717) is 5.56 Å². The molecule has 1 aliphatic heterocycles. The summed E-state index contributed by atoms with van der Waals surface area (Å²) in [5, 5.41) is 12.9. The number of amides is 1. The lowest BCUT2D eigenvalue weighted by Gasteiger charge is -2.28. The number of carboxylic acid groups (broad SMARTS) is 1. The number of para-hydroxylation sites is 1. The molecule has 0 bridgehead atoms. The fourth-order valence-corrected chi connectivity index (χ4v) is 4.12. The second-order valence-electron chi connectivity index (χ2n) is 7.68. The molecule has 1 atom stereocenters. The van der Waals surface area contributed by atoms with Gasteiger partial charge in [0.1, 0.15) is 0 Å². The number of fused-ring (bicyclic) bond motifs is 1. The van der Waals surface area contributed by atoms with Gasteiger partial charge < -0.3 is 19.9 Å². The summed E-state index contributed by atoms with van der Waals surface area (Å²) >= 11 is 0. The Hall–Kier alpha value is -3.38. The molecule has 0 saturated heterocycles. The molecule has 1 amide bonds. The molecule has 6 heteroatoms. The van der Waals surface area contributed by atoms with Crippen LogP contribution in [0.5, 0.6) is 0 Å². The number of hydrogen-bond donors (Lipinski definition) is 2. The van der Waals surface area contributed by atoms with Gasteiger partial charge in [-0.25, -0.2) is 4.79 Å². The number of aromatic nitrogens is 1. The zero-order valence-electron chi connectivity index (χ0n) is 17.3. The van der Waals surface area contributed by atoms with Crippen LogP contribution in [0.3, 0.4) is 0 Å². The van der Waals surface area contributed by atoms with Crippen LogP contribution in [0.2, 0.25) is 0 Å². The van der Waals surface area contributed by atoms with Crippen LogP contribution in [0.4, 0.5) is 5.69 Å². The SMILES string of the molecule is Cc1c(C(=O)N(C)c2ccccc2)cc(C2NCCc3ccc(C(=O)O)cc32)n1C. The number of anilines is 1. The minimum atomic E-state index is -0.939. The van der Waals surface area contributed by atoms with Crippen LogP contribution in [0.1, 0.15) is 49.3 Å². The summed E-state index contributed by atoms with van der Waals surface area (Å²) in [7, 11) is 3.72. The molecule has 0 spiro atoms. The van der Waals surface area contributed by atoms with E-state index in [9.17, 15) is 14.7 Å². The molecule has 0 aliphatic carbocycles. The molecule has 1 aromatic heterocycles. The van der Waals surface area contributed by atoms with Gasteiger partial charge in [-0.3, -0.25) is 4.79 Å². The molecule has 0 fully saturated rings. The summed E-state index contributed by atoms with van der Waals surface area (Å²) < 4.78 is 2.02. The summed E-state index contributed by atoms with van der Waals surface area (Å²) in [6.45, 7) is 2.73. The maximum absolute atomic E-state index is 13.2. The molecule has 154 valence electrons. The third-order valence-electron chi connectivity index (χ3n) is 5.99. The second kappa shape index (κ2) is 7.80. The van der Waals surface area contributed by atoms with E-state index in [2.05, 4.69) is 5.32 Å². The lowest BCUT2D eigenvalue weighted by atomic mass is 9.90. The predicted octanol–water partition coefficient (Wildman–Crippen LogP) is 3.54. The maximum Gasteiger partial charge on any atom is 0.335 e. The predicted molar refractivity (Wildman–Crippen MR) is 116 cm³/mol. The lowest BCUT2D eigenvalue weighted by Crippen LogP contribution is -2.32. The van der Waals surface area contributed by atoms with Crippen molar-refractivity contribution in [1.29, 1.82) is 0 Å². The summed E-state index contributed by atoms with van der Waals surface area (Å²) in [5.41, 5.74) is 5.66. The van der Waals surface area contributed by atoms with Crippen LogP contribution >= 0.6 is 0 Å². The molecule has 1 unspecified atom stereocenters. The van der Waals surface area contributed by atoms with Crippen LogP contribution in [0.25, 0.3) is 0 Å². The molecule has 4 rings (SSSR count). The van der Waals surface area contributed by atoms with Crippen molar-refractivity contribution in [3.05, 3.63) is 88.2 Å². The smallest absolute Gasteiger partial charge is 0.335 e. The fourth-order valence-electron chi connectivity index (χ4n) is 4.12. The van der Waals surface area contributed by atoms with Crippen molar-refractivity contribution in [3.8, 4) is 0 Å². The second-order valence-corrected chi connectivity index (χ2v) is 7.68. The van der Waals surface area contributed by atoms with Crippen molar-refractivity contribution in [1.82, 2.24) is 9.88 Å². The molecular formula is C24H25N3O3. The molecule has 6 nitrogen and oxygen atoms in total. The number of rotatable bonds is 4. The summed E-state index contributed by atoms with van der Waals surface area (Å²) in [6.07, 6.45) is 0.845. The van der Waals surface area contributed by atoms with Crippen molar-refractivity contribution in [2.24, 2.45) is 7.05 Å². The van der Waals surface area contributed by atoms with Gasteiger partial charge in [-0.1, -0.05) is 24.3 Å². The lowest BCUT2D eigenvalue weighted by molar-refractivity contribution is 0.0696. The van der Waals surface area contributed by atoms with Crippen molar-refractivity contribution in [2.45, 2.75) is 19.4 Å². The van der Waals surface area contributed by atoms with Crippen LogP contribution < -0.4 is 10.2 Å². The molecular weight excluding hydrogens is 378 g/mol. The normalized spacial score (nSPS) is 15.5. The minimum absolute atomic E-state index is 0.0733. The Balaban J connectivity index is 1.74. The number of hydrogen-bond acceptors (Lipinski definition) is 3. The Bertz CT molecular complexity index is 1120. The highest BCUT2D eigenvalue weighted by Gasteiger charge is 2.28. The Morgan fingerprint density at radius 1 is 1.13 bits per heavy atom. The van der Waals surface area contributed by atoms with E-state index < -0.39 is 5.97 Å². The molecule has 0 radical (unpaired) electrons. The Labute approximate surface area is 175 Å². The van der Waals surface area contributed by atoms with Crippen molar-refractivity contribution in [3.63, 3.8) is 0 Å². The van der Waals surface area contributed by atoms with Crippen molar-refractivity contribution in [2.75, 3.05) is 18.5 Å². The molecule has 0 saturated carbocycles. The van der Waals surface area contributed by atoms with Gasteiger partial charge in [0.05, 0.1) is 17.2 Å². The van der Waals surface area contributed by atoms with E-state index in [1.54, 1.807) is 24.1 Å². The highest BCUT2D eigenvalue weighted by atomic mass is 16.4. The number of carbonyl (C=O) groups is 2. The Kier molecular flexibility index (Phi) is 5.18. The number of nitrogens with zero attached hydrogens (tertiary/aromatic N) is 2. The van der Waals surface area contributed by atoms with E-state index in [1.807, 2.05) is 61.0 Å². The van der Waals surface area contributed by atoms with Gasteiger partial charge in [-0.15, -0.1) is 0 Å². The van der Waals surface area contributed by atoms with E-state index in [0.717, 1.165) is 41.2 Å². The third kappa shape index (κ3) is 3.39. The molecule has 2 heterocycles. The third-order valence-corrected chi connectivity index (χ3v) is 5.99. The van der Waals surface area contributed by atoms with Crippen LogP contribution in [0.15, 0.2) is 54.6 Å². The summed E-state index contributed by atoms with van der Waals surface area (Å²) in [5.74, 6) is -1.01. The van der Waals surface area contributed by atoms with E-state index >= 15 is 0 Å². The van der Waals surface area contributed by atoms with Gasteiger partial charge in [0, 0.05) is 37.7 Å². The zero-order valence-corrected chi connectivity index (χ0v) is 17.3. The Morgan fingerprint density at radius 2 is 1.87 bits per heavy atom. The average molecular weight is 403 g/mol. The van der Waals surface area contributed by atoms with Gasteiger partial charge in [0.25, 0.3) is 5.91 Å². The van der Waals surface area contributed by atoms with Crippen molar-refractivity contribution >= 4 is 17.6 Å². The number of carbonyl (C=O) groups excluding carboxylic acids is 1. The van der Waals surface area contributed by atoms with Gasteiger partial charge in [0.2, 0.25) is 0 Å². The first-order valence-electron chi connectivity index (χ1n) is 9.97. The number of aromatic carboxylic acids is 1. The van der Waals surface area contributed by atoms with Crippen molar-refractivity contribution < 1.29 is 14.7 Å². The zero-order chi connectivity index (χ0) is 21.4. The Morgan fingerprint density at radius 3 is 2.57 bits per heavy atom. The molecule has 30 heavy (non-hydrogen) atoms. The van der Waals surface area contributed by atoms with E-state index in [-0.39, 0.29) is 17.5 Å². The maximum atomic E-state index is 13.2. The van der Waals surface area contributed by atoms with Crippen LogP contribution in [-0.4, -0.2) is 35.1 Å². The minimum Gasteiger partial charge on any atom is -0.478 e. The topological polar surface area (TPSA) is 74.6 Å². The summed E-state index contributed by atoms with van der Waals surface area (Å²) in [4.78, 5) is 26.3. The highest BCUT2D eigenvalue weighted by Crippen LogP contribution is 2.32. The van der Waals surface area contributed by atoms with Gasteiger partial charge in [-0.05, 0) is 54.8 Å². The molecule has 2 N–H and O–H groups in total. The molecule has 1 aliphatic rings. The fraction of sp³-hybridized carbons (Fsp3) is 0.250. The quantitative estimate of drug-likeness (QED) is 0.699. The van der Waals surface area contributed by atoms with E-state index in [4.69, 9.17) is 0 Å². The number of nitrogens with one attached hydrogen (secondary N) is 1. The van der Waals surface area contributed by atoms with Gasteiger partial charge in [0.15, 0.2) is 0 Å².